The fourth-order valence-electron chi connectivity index (χ4n) is 1.49. The van der Waals surface area contributed by atoms with Crippen LogP contribution < -0.4 is 4.72 Å². The molecule has 0 fully saturated rings. The van der Waals surface area contributed by atoms with E-state index < -0.39 is 21.9 Å². The molecule has 0 radical (unpaired) electrons. The third kappa shape index (κ3) is 3.82. The lowest BCUT2D eigenvalue weighted by atomic mass is 10.2. The predicted octanol–water partition coefficient (Wildman–Crippen LogP) is 1.30. The summed E-state index contributed by atoms with van der Waals surface area (Å²) in [7, 11) is -3.65. The fraction of sp³-hybridized carbons (Fsp3) is 0.417. The highest BCUT2D eigenvalue weighted by atomic mass is 32.2. The van der Waals surface area contributed by atoms with Crippen molar-refractivity contribution in [1.29, 1.82) is 0 Å². The van der Waals surface area contributed by atoms with E-state index in [0.717, 1.165) is 11.1 Å². The number of sulfonamides is 1. The maximum atomic E-state index is 12.0. The number of rotatable bonds is 5. The first-order valence-corrected chi connectivity index (χ1v) is 7.01. The lowest BCUT2D eigenvalue weighted by molar-refractivity contribution is -0.140. The van der Waals surface area contributed by atoms with Gasteiger partial charge in [-0.1, -0.05) is 13.0 Å². The molecular weight excluding hydrogens is 254 g/mol. The number of carboxylic acids is 1. The molecule has 0 heterocycles. The molecule has 5 nitrogen and oxygen atoms in total. The highest BCUT2D eigenvalue weighted by Crippen LogP contribution is 2.14. The molecule has 1 aromatic carbocycles. The zero-order valence-electron chi connectivity index (χ0n) is 10.6. The summed E-state index contributed by atoms with van der Waals surface area (Å²) in [6, 6.07) is 4.99. The summed E-state index contributed by atoms with van der Waals surface area (Å²) < 4.78 is 26.2. The fourth-order valence-corrected chi connectivity index (χ4v) is 2.81. The number of carbonyl (C=O) groups is 1. The van der Waals surface area contributed by atoms with E-state index in [1.165, 1.54) is 6.92 Å². The van der Waals surface area contributed by atoms with Crippen molar-refractivity contribution in [3.05, 3.63) is 29.3 Å². The molecular formula is C12H17NO4S. The number of aryl methyl sites for hydroxylation is 2. The maximum absolute atomic E-state index is 12.0. The monoisotopic (exact) mass is 271 g/mol. The number of carboxylic acid groups (broad SMARTS) is 1. The minimum absolute atomic E-state index is 0.120. The van der Waals surface area contributed by atoms with Crippen LogP contribution in [0.25, 0.3) is 0 Å². The van der Waals surface area contributed by atoms with E-state index in [9.17, 15) is 13.2 Å². The molecule has 0 saturated heterocycles. The van der Waals surface area contributed by atoms with Crippen molar-refractivity contribution in [2.45, 2.75) is 25.7 Å². The van der Waals surface area contributed by atoms with Gasteiger partial charge in [-0.05, 0) is 37.1 Å². The van der Waals surface area contributed by atoms with Gasteiger partial charge in [-0.25, -0.2) is 13.1 Å². The summed E-state index contributed by atoms with van der Waals surface area (Å²) in [5.41, 5.74) is 1.70. The topological polar surface area (TPSA) is 83.5 Å². The predicted molar refractivity (Wildman–Crippen MR) is 67.9 cm³/mol. The van der Waals surface area contributed by atoms with Crippen LogP contribution >= 0.6 is 0 Å². The maximum Gasteiger partial charge on any atom is 0.307 e. The average molecular weight is 271 g/mol. The van der Waals surface area contributed by atoms with Crippen molar-refractivity contribution in [3.63, 3.8) is 0 Å². The molecule has 0 aliphatic heterocycles. The highest BCUT2D eigenvalue weighted by Gasteiger charge is 2.18. The molecule has 1 rings (SSSR count). The van der Waals surface area contributed by atoms with Crippen molar-refractivity contribution < 1.29 is 18.3 Å². The Morgan fingerprint density at radius 1 is 1.28 bits per heavy atom. The Bertz CT molecular complexity index is 531. The smallest absolute Gasteiger partial charge is 0.307 e. The first kappa shape index (κ1) is 14.7. The first-order chi connectivity index (χ1) is 8.22. The standard InChI is InChI=1S/C12H17NO4S/c1-8-4-9(2)6-11(5-8)18(16,17)13-7-10(3)12(14)15/h4-6,10,13H,7H2,1-3H3,(H,14,15). The van der Waals surface area contributed by atoms with Gasteiger partial charge in [-0.2, -0.15) is 0 Å². The Morgan fingerprint density at radius 3 is 2.22 bits per heavy atom. The third-order valence-electron chi connectivity index (χ3n) is 2.51. The van der Waals surface area contributed by atoms with Gasteiger partial charge in [-0.15, -0.1) is 0 Å². The molecule has 1 aromatic rings. The highest BCUT2D eigenvalue weighted by molar-refractivity contribution is 7.89. The van der Waals surface area contributed by atoms with E-state index in [1.807, 2.05) is 19.9 Å². The van der Waals surface area contributed by atoms with Gasteiger partial charge in [0.25, 0.3) is 0 Å². The number of benzene rings is 1. The molecule has 100 valence electrons. The van der Waals surface area contributed by atoms with E-state index in [1.54, 1.807) is 12.1 Å². The normalized spacial score (nSPS) is 13.3. The van der Waals surface area contributed by atoms with Crippen molar-refractivity contribution in [2.75, 3.05) is 6.54 Å². The molecule has 0 aromatic heterocycles. The first-order valence-electron chi connectivity index (χ1n) is 5.53. The molecule has 18 heavy (non-hydrogen) atoms. The zero-order valence-corrected chi connectivity index (χ0v) is 11.4. The van der Waals surface area contributed by atoms with Crippen LogP contribution in [0, 0.1) is 19.8 Å². The van der Waals surface area contributed by atoms with Gasteiger partial charge in [-0.3, -0.25) is 4.79 Å². The lowest BCUT2D eigenvalue weighted by Crippen LogP contribution is -2.31. The summed E-state index contributed by atoms with van der Waals surface area (Å²) in [6.07, 6.45) is 0. The van der Waals surface area contributed by atoms with E-state index in [0.29, 0.717) is 0 Å². The Morgan fingerprint density at radius 2 is 1.78 bits per heavy atom. The van der Waals surface area contributed by atoms with Crippen LogP contribution in [0.2, 0.25) is 0 Å². The SMILES string of the molecule is Cc1cc(C)cc(S(=O)(=O)NCC(C)C(=O)O)c1. The van der Waals surface area contributed by atoms with Gasteiger partial charge < -0.3 is 5.11 Å². The molecule has 0 saturated carbocycles. The number of hydrogen-bond donors (Lipinski definition) is 2. The summed E-state index contributed by atoms with van der Waals surface area (Å²) >= 11 is 0. The quantitative estimate of drug-likeness (QED) is 0.845. The minimum Gasteiger partial charge on any atom is -0.481 e. The zero-order chi connectivity index (χ0) is 13.9. The van der Waals surface area contributed by atoms with Crippen molar-refractivity contribution >= 4 is 16.0 Å². The van der Waals surface area contributed by atoms with Crippen LogP contribution in [0.3, 0.4) is 0 Å². The van der Waals surface area contributed by atoms with Gasteiger partial charge in [0.1, 0.15) is 0 Å². The molecule has 2 N–H and O–H groups in total. The summed E-state index contributed by atoms with van der Waals surface area (Å²) in [6.45, 7) is 4.95. The molecule has 0 spiro atoms. The van der Waals surface area contributed by atoms with Crippen molar-refractivity contribution in [2.24, 2.45) is 5.92 Å². The van der Waals surface area contributed by atoms with Crippen LogP contribution in [0.1, 0.15) is 18.1 Å². The van der Waals surface area contributed by atoms with Gasteiger partial charge in [0, 0.05) is 6.54 Å². The van der Waals surface area contributed by atoms with Crippen LogP contribution in [-0.4, -0.2) is 26.0 Å². The second-order valence-electron chi connectivity index (χ2n) is 4.41. The molecule has 0 aliphatic carbocycles. The Hall–Kier alpha value is -1.40. The summed E-state index contributed by atoms with van der Waals surface area (Å²) in [4.78, 5) is 10.8. The van der Waals surface area contributed by atoms with Gasteiger partial charge >= 0.3 is 5.97 Å². The summed E-state index contributed by atoms with van der Waals surface area (Å²) in [5, 5.41) is 8.70. The second kappa shape index (κ2) is 5.49. The number of hydrogen-bond acceptors (Lipinski definition) is 3. The van der Waals surface area contributed by atoms with Crippen LogP contribution in [0.15, 0.2) is 23.1 Å². The molecule has 1 atom stereocenters. The molecule has 0 bridgehead atoms. The molecule has 1 unspecified atom stereocenters. The lowest BCUT2D eigenvalue weighted by Gasteiger charge is -2.10. The van der Waals surface area contributed by atoms with Gasteiger partial charge in [0.2, 0.25) is 10.0 Å². The summed E-state index contributed by atoms with van der Waals surface area (Å²) in [5.74, 6) is -1.79. The Kier molecular flexibility index (Phi) is 4.48. The number of nitrogens with one attached hydrogen (secondary N) is 1. The van der Waals surface area contributed by atoms with E-state index in [2.05, 4.69) is 4.72 Å². The molecule has 6 heteroatoms. The van der Waals surface area contributed by atoms with Gasteiger partial charge in [0.15, 0.2) is 0 Å². The van der Waals surface area contributed by atoms with Crippen LogP contribution in [0.5, 0.6) is 0 Å². The average Bonchev–Trinajstić information content (AvgIpc) is 2.24. The van der Waals surface area contributed by atoms with Crippen LogP contribution in [-0.2, 0) is 14.8 Å². The van der Waals surface area contributed by atoms with E-state index in [-0.39, 0.29) is 11.4 Å². The van der Waals surface area contributed by atoms with E-state index in [4.69, 9.17) is 5.11 Å². The molecule has 0 aliphatic rings. The third-order valence-corrected chi connectivity index (χ3v) is 3.91. The van der Waals surface area contributed by atoms with Gasteiger partial charge in [0.05, 0.1) is 10.8 Å². The van der Waals surface area contributed by atoms with Crippen molar-refractivity contribution in [1.82, 2.24) is 4.72 Å². The Labute approximate surface area is 107 Å². The second-order valence-corrected chi connectivity index (χ2v) is 6.18. The van der Waals surface area contributed by atoms with Crippen molar-refractivity contribution in [3.8, 4) is 0 Å². The minimum atomic E-state index is -3.65. The van der Waals surface area contributed by atoms with Crippen LogP contribution in [0.4, 0.5) is 0 Å². The number of aliphatic carboxylic acids is 1. The molecule has 0 amide bonds. The Balaban J connectivity index is 2.90. The van der Waals surface area contributed by atoms with E-state index >= 15 is 0 Å². The largest absolute Gasteiger partial charge is 0.481 e.